The van der Waals surface area contributed by atoms with Gasteiger partial charge in [-0.3, -0.25) is 9.59 Å². The minimum atomic E-state index is -1.16. The number of oxazole rings is 2. The Morgan fingerprint density at radius 3 is 2.62 bits per heavy atom. The molecule has 0 aliphatic carbocycles. The van der Waals surface area contributed by atoms with E-state index >= 15 is 0 Å². The van der Waals surface area contributed by atoms with Crippen LogP contribution in [-0.4, -0.2) is 52.1 Å². The van der Waals surface area contributed by atoms with Crippen molar-refractivity contribution in [2.24, 2.45) is 17.8 Å². The van der Waals surface area contributed by atoms with Gasteiger partial charge in [0.2, 0.25) is 5.89 Å². The Hall–Kier alpha value is -4.77. The second-order valence-corrected chi connectivity index (χ2v) is 13.4. The van der Waals surface area contributed by atoms with Gasteiger partial charge in [-0.25, -0.2) is 14.8 Å². The van der Waals surface area contributed by atoms with E-state index in [2.05, 4.69) is 10.3 Å². The fourth-order valence-electron chi connectivity index (χ4n) is 7.15. The van der Waals surface area contributed by atoms with Gasteiger partial charge in [-0.2, -0.15) is 0 Å². The molecule has 5 atom stereocenters. The summed E-state index contributed by atoms with van der Waals surface area (Å²) in [6.45, 7) is 7.54. The first-order valence-electron chi connectivity index (χ1n) is 16.0. The average molecular weight is 640 g/mol. The van der Waals surface area contributed by atoms with Gasteiger partial charge in [0.25, 0.3) is 0 Å². The van der Waals surface area contributed by atoms with Crippen molar-refractivity contribution in [3.05, 3.63) is 82.8 Å². The highest BCUT2D eigenvalue weighted by Gasteiger charge is 2.61. The zero-order chi connectivity index (χ0) is 33.2. The van der Waals surface area contributed by atoms with E-state index in [1.165, 1.54) is 13.4 Å². The summed E-state index contributed by atoms with van der Waals surface area (Å²) >= 11 is 0. The van der Waals surface area contributed by atoms with Gasteiger partial charge in [-0.15, -0.1) is 0 Å². The number of methoxy groups -OCH3 is 1. The van der Waals surface area contributed by atoms with Gasteiger partial charge in [0, 0.05) is 35.9 Å². The molecular weight excluding hydrogens is 602 g/mol. The molecule has 1 spiro atoms. The van der Waals surface area contributed by atoms with Crippen molar-refractivity contribution in [1.29, 1.82) is 0 Å². The van der Waals surface area contributed by atoms with Crippen molar-refractivity contribution in [2.75, 3.05) is 12.4 Å². The molecule has 11 heteroatoms. The largest absolute Gasteiger partial charge is 0.469 e. The molecule has 0 fully saturated rings. The van der Waals surface area contributed by atoms with Gasteiger partial charge in [0.15, 0.2) is 35.0 Å². The van der Waals surface area contributed by atoms with Crippen LogP contribution in [0.15, 0.2) is 57.6 Å². The van der Waals surface area contributed by atoms with Crippen LogP contribution < -0.4 is 10.1 Å². The van der Waals surface area contributed by atoms with Crippen LogP contribution in [0.3, 0.4) is 0 Å². The number of esters is 1. The van der Waals surface area contributed by atoms with Crippen LogP contribution in [0, 0.1) is 17.8 Å². The number of fused-ring (bicyclic) bond motifs is 4. The first-order valence-corrected chi connectivity index (χ1v) is 16.0. The molecule has 2 aromatic carbocycles. The summed E-state index contributed by atoms with van der Waals surface area (Å²) in [6.07, 6.45) is -0.263. The maximum absolute atomic E-state index is 14.1. The normalized spacial score (nSPS) is 23.3. The van der Waals surface area contributed by atoms with E-state index in [1.807, 2.05) is 56.3 Å². The van der Waals surface area contributed by atoms with Gasteiger partial charge >= 0.3 is 5.97 Å². The number of hydrogen-bond donors (Lipinski definition) is 2. The third-order valence-electron chi connectivity index (χ3n) is 9.74. The summed E-state index contributed by atoms with van der Waals surface area (Å²) in [5.41, 5.74) is 2.60. The van der Waals surface area contributed by atoms with Gasteiger partial charge in [0.05, 0.1) is 7.11 Å². The van der Waals surface area contributed by atoms with Gasteiger partial charge < -0.3 is 28.7 Å². The second-order valence-electron chi connectivity index (χ2n) is 13.4. The number of carbonyl (C=O) groups excluding carboxylic acids is 3. The zero-order valence-corrected chi connectivity index (χ0v) is 26.9. The molecule has 2 aromatic heterocycles. The number of rotatable bonds is 7. The molecule has 7 rings (SSSR count). The molecule has 0 radical (unpaired) electrons. The summed E-state index contributed by atoms with van der Waals surface area (Å²) < 4.78 is 24.1. The van der Waals surface area contributed by atoms with E-state index in [1.54, 1.807) is 13.8 Å². The molecule has 47 heavy (non-hydrogen) atoms. The summed E-state index contributed by atoms with van der Waals surface area (Å²) in [4.78, 5) is 49.1. The molecule has 3 aliphatic heterocycles. The highest BCUT2D eigenvalue weighted by Crippen LogP contribution is 2.59. The number of nitrogens with one attached hydrogen (secondary N) is 1. The average Bonchev–Trinajstić information content (AvgIpc) is 3.83. The lowest BCUT2D eigenvalue weighted by Crippen LogP contribution is -2.40. The highest BCUT2D eigenvalue weighted by molar-refractivity contribution is 5.91. The Kier molecular flexibility index (Phi) is 7.54. The van der Waals surface area contributed by atoms with Crippen LogP contribution in [0.1, 0.15) is 85.3 Å². The van der Waals surface area contributed by atoms with E-state index in [4.69, 9.17) is 23.3 Å². The number of aliphatic hydroxyl groups excluding tert-OH is 1. The maximum Gasteiger partial charge on any atom is 0.360 e. The standard InChI is InChI=1S/C36H37N3O8/c1-17(2)21-15-26(40)20(14-27(41)30(42)18(3)4)12-19-10-11-28-23(13-19)36(22-8-6-7-9-24(22)38-35(36)46-28)31-29(39-32(21)47-31)33-37-25(16-45-33)34(43)44-5/h6-11,13,16-18,20-21,30,35,38,42H,12,14-15H2,1-5H3/t20?,21-,30-,35?,36+/m0/s1. The summed E-state index contributed by atoms with van der Waals surface area (Å²) in [5.74, 6) is -1.19. The van der Waals surface area contributed by atoms with E-state index in [-0.39, 0.29) is 53.5 Å². The Morgan fingerprint density at radius 1 is 1.09 bits per heavy atom. The minimum absolute atomic E-state index is 0.0213. The summed E-state index contributed by atoms with van der Waals surface area (Å²) in [5, 5.41) is 14.1. The molecule has 4 aromatic rings. The smallest absolute Gasteiger partial charge is 0.360 e. The van der Waals surface area contributed by atoms with E-state index < -0.39 is 35.6 Å². The van der Waals surface area contributed by atoms with Crippen LogP contribution in [0.25, 0.3) is 11.6 Å². The number of Topliss-reactive ketones (excluding diaryl/α,β-unsaturated/α-hetero) is 2. The Bertz CT molecular complexity index is 1890. The van der Waals surface area contributed by atoms with Crippen molar-refractivity contribution < 1.29 is 37.8 Å². The molecule has 0 amide bonds. The number of carbonyl (C=O) groups is 3. The number of para-hydroxylation sites is 1. The van der Waals surface area contributed by atoms with E-state index in [0.29, 0.717) is 23.8 Å². The van der Waals surface area contributed by atoms with Crippen LogP contribution in [0.2, 0.25) is 0 Å². The van der Waals surface area contributed by atoms with Crippen molar-refractivity contribution in [3.8, 4) is 17.3 Å². The summed E-state index contributed by atoms with van der Waals surface area (Å²) in [7, 11) is 1.27. The predicted octanol–water partition coefficient (Wildman–Crippen LogP) is 5.44. The molecule has 2 N–H and O–H groups in total. The number of ether oxygens (including phenoxy) is 2. The third-order valence-corrected chi connectivity index (χ3v) is 9.74. The Morgan fingerprint density at radius 2 is 1.87 bits per heavy atom. The van der Waals surface area contributed by atoms with Gasteiger partial charge in [0.1, 0.15) is 29.3 Å². The number of benzene rings is 2. The predicted molar refractivity (Wildman–Crippen MR) is 169 cm³/mol. The molecule has 3 aliphatic rings. The van der Waals surface area contributed by atoms with Crippen molar-refractivity contribution in [1.82, 2.24) is 9.97 Å². The van der Waals surface area contributed by atoms with Gasteiger partial charge in [-0.05, 0) is 41.5 Å². The first kappa shape index (κ1) is 30.9. The van der Waals surface area contributed by atoms with Crippen molar-refractivity contribution in [2.45, 2.75) is 70.6 Å². The quantitative estimate of drug-likeness (QED) is 0.248. The molecule has 0 saturated carbocycles. The van der Waals surface area contributed by atoms with Crippen LogP contribution in [-0.2, 0) is 26.2 Å². The van der Waals surface area contributed by atoms with E-state index in [0.717, 1.165) is 22.4 Å². The van der Waals surface area contributed by atoms with Crippen LogP contribution >= 0.6 is 0 Å². The SMILES string of the molecule is COC(=O)c1coc(-c2nc3oc2[C@]24c5ccccc5NC2Oc2ccc(cc24)CC(CC(=O)[C@@H](O)C(C)C)C(=O)C[C@H]3C(C)C)n1. The van der Waals surface area contributed by atoms with Crippen molar-refractivity contribution >= 4 is 23.2 Å². The number of hydrogen-bond acceptors (Lipinski definition) is 11. The molecule has 0 saturated heterocycles. The monoisotopic (exact) mass is 639 g/mol. The lowest BCUT2D eigenvalue weighted by Gasteiger charge is -2.28. The molecule has 11 nitrogen and oxygen atoms in total. The fraction of sp³-hybridized carbons (Fsp3) is 0.417. The van der Waals surface area contributed by atoms with Crippen molar-refractivity contribution in [3.63, 3.8) is 0 Å². The Balaban J connectivity index is 1.48. The number of ketones is 2. The fourth-order valence-corrected chi connectivity index (χ4v) is 7.15. The number of aromatic nitrogens is 2. The van der Waals surface area contributed by atoms with E-state index in [9.17, 15) is 19.5 Å². The number of nitrogens with zero attached hydrogens (tertiary/aromatic N) is 2. The minimum Gasteiger partial charge on any atom is -0.469 e. The third kappa shape index (κ3) is 4.86. The van der Waals surface area contributed by atoms with Crippen LogP contribution in [0.5, 0.6) is 5.75 Å². The molecule has 5 heterocycles. The maximum atomic E-state index is 14.1. The number of anilines is 1. The second kappa shape index (κ2) is 11.5. The molecule has 2 unspecified atom stereocenters. The highest BCUT2D eigenvalue weighted by atomic mass is 16.5. The lowest BCUT2D eigenvalue weighted by atomic mass is 9.72. The molecule has 244 valence electrons. The van der Waals surface area contributed by atoms with Gasteiger partial charge in [-0.1, -0.05) is 58.0 Å². The topological polar surface area (TPSA) is 154 Å². The summed E-state index contributed by atoms with van der Waals surface area (Å²) in [6, 6.07) is 13.7. The Labute approximate surface area is 271 Å². The number of aliphatic hydroxyl groups is 1. The first-order chi connectivity index (χ1) is 22.5. The zero-order valence-electron chi connectivity index (χ0n) is 26.9. The molecular formula is C36H37N3O8. The lowest BCUT2D eigenvalue weighted by molar-refractivity contribution is -0.134. The molecule has 4 bridgehead atoms. The van der Waals surface area contributed by atoms with Crippen LogP contribution in [0.4, 0.5) is 5.69 Å².